The largest absolute Gasteiger partial charge is 0.392 e. The minimum atomic E-state index is -0.357. The number of aliphatic hydroxyl groups excluding tert-OH is 1. The Morgan fingerprint density at radius 1 is 1.52 bits per heavy atom. The van der Waals surface area contributed by atoms with E-state index >= 15 is 0 Å². The molecule has 2 heterocycles. The van der Waals surface area contributed by atoms with Crippen LogP contribution in [0.15, 0.2) is 12.4 Å². The average molecular weight is 323 g/mol. The fourth-order valence-corrected chi connectivity index (χ4v) is 3.26. The highest BCUT2D eigenvalue weighted by molar-refractivity contribution is 5.83. The Morgan fingerprint density at radius 2 is 2.26 bits per heavy atom. The van der Waals surface area contributed by atoms with E-state index in [1.807, 2.05) is 25.1 Å². The van der Waals surface area contributed by atoms with Crippen LogP contribution in [-0.4, -0.2) is 76.0 Å². The molecule has 0 saturated carbocycles. The van der Waals surface area contributed by atoms with Crippen molar-refractivity contribution in [2.45, 2.75) is 38.5 Å². The van der Waals surface area contributed by atoms with Gasteiger partial charge in [-0.2, -0.15) is 5.10 Å². The number of rotatable bonds is 6. The monoisotopic (exact) mass is 323 g/mol. The molecule has 0 spiro atoms. The predicted octanol–water partition coefficient (Wildman–Crippen LogP) is -0.0158. The summed E-state index contributed by atoms with van der Waals surface area (Å²) in [6.45, 7) is 6.81. The molecule has 1 aromatic heterocycles. The van der Waals surface area contributed by atoms with E-state index in [1.54, 1.807) is 17.9 Å². The number of amides is 1. The smallest absolute Gasteiger partial charge is 0.244 e. The summed E-state index contributed by atoms with van der Waals surface area (Å²) in [6.07, 6.45) is 4.24. The summed E-state index contributed by atoms with van der Waals surface area (Å²) in [5.74, 6) is 0.0932. The van der Waals surface area contributed by atoms with Crippen molar-refractivity contribution >= 4 is 5.91 Å². The van der Waals surface area contributed by atoms with Gasteiger partial charge < -0.3 is 15.3 Å². The van der Waals surface area contributed by atoms with Crippen LogP contribution in [0.4, 0.5) is 0 Å². The number of nitrogens with one attached hydrogen (secondary N) is 1. The summed E-state index contributed by atoms with van der Waals surface area (Å²) in [7, 11) is 3.65. The molecule has 2 N–H and O–H groups in total. The number of carbonyl (C=O) groups is 1. The van der Waals surface area contributed by atoms with Gasteiger partial charge in [0, 0.05) is 51.0 Å². The predicted molar refractivity (Wildman–Crippen MR) is 88.9 cm³/mol. The van der Waals surface area contributed by atoms with Crippen LogP contribution in [0, 0.1) is 0 Å². The molecule has 1 amide bonds. The van der Waals surface area contributed by atoms with Crippen LogP contribution in [0.5, 0.6) is 0 Å². The molecule has 0 aliphatic carbocycles. The lowest BCUT2D eigenvalue weighted by Crippen LogP contribution is -2.57. The van der Waals surface area contributed by atoms with Crippen molar-refractivity contribution in [3.8, 4) is 0 Å². The fraction of sp³-hybridized carbons (Fsp3) is 0.750. The lowest BCUT2D eigenvalue weighted by molar-refractivity contribution is -0.136. The quantitative estimate of drug-likeness (QED) is 0.770. The first-order valence-corrected chi connectivity index (χ1v) is 8.33. The Bertz CT molecular complexity index is 516. The topological polar surface area (TPSA) is 73.6 Å². The van der Waals surface area contributed by atoms with E-state index in [2.05, 4.69) is 22.2 Å². The molecule has 0 aromatic carbocycles. The van der Waals surface area contributed by atoms with Crippen LogP contribution >= 0.6 is 0 Å². The van der Waals surface area contributed by atoms with E-state index in [0.29, 0.717) is 25.7 Å². The second kappa shape index (κ2) is 7.90. The first-order chi connectivity index (χ1) is 11.0. The summed E-state index contributed by atoms with van der Waals surface area (Å²) >= 11 is 0. The third-order valence-corrected chi connectivity index (χ3v) is 4.48. The van der Waals surface area contributed by atoms with Crippen molar-refractivity contribution < 1.29 is 9.90 Å². The number of β-amino-alcohol motifs (C(OH)–C–C–N with tert-alkyl or cyclic N) is 1. The number of aryl methyl sites for hydroxylation is 1. The number of hydrogen-bond acceptors (Lipinski definition) is 5. The maximum atomic E-state index is 12.9. The molecule has 1 aromatic rings. The Labute approximate surface area is 138 Å². The van der Waals surface area contributed by atoms with Gasteiger partial charge in [0.25, 0.3) is 0 Å². The van der Waals surface area contributed by atoms with Crippen molar-refractivity contribution in [2.24, 2.45) is 7.05 Å². The van der Waals surface area contributed by atoms with Crippen LogP contribution in [0.1, 0.15) is 31.9 Å². The SMILES string of the molecule is CCC1CN(C(=O)C(NC)c2cnn(C)c2)CCN1CC(C)O. The molecule has 3 atom stereocenters. The van der Waals surface area contributed by atoms with E-state index in [1.165, 1.54) is 0 Å². The molecule has 23 heavy (non-hydrogen) atoms. The highest BCUT2D eigenvalue weighted by Crippen LogP contribution is 2.19. The fourth-order valence-electron chi connectivity index (χ4n) is 3.26. The summed E-state index contributed by atoms with van der Waals surface area (Å²) < 4.78 is 1.71. The minimum absolute atomic E-state index is 0.0932. The number of aromatic nitrogens is 2. The molecule has 1 fully saturated rings. The molecular formula is C16H29N5O2. The van der Waals surface area contributed by atoms with Gasteiger partial charge in [-0.05, 0) is 20.4 Å². The van der Waals surface area contributed by atoms with Crippen molar-refractivity contribution in [1.29, 1.82) is 0 Å². The number of likely N-dealkylation sites (N-methyl/N-ethyl adjacent to an activating group) is 1. The summed E-state index contributed by atoms with van der Waals surface area (Å²) in [6, 6.07) is -0.0572. The number of nitrogens with zero attached hydrogens (tertiary/aromatic N) is 4. The molecule has 7 nitrogen and oxygen atoms in total. The highest BCUT2D eigenvalue weighted by Gasteiger charge is 2.32. The van der Waals surface area contributed by atoms with Gasteiger partial charge in [-0.15, -0.1) is 0 Å². The standard InChI is InChI=1S/C16H29N5O2/c1-5-14-11-21(7-6-20(14)9-12(2)22)16(23)15(17-3)13-8-18-19(4)10-13/h8,10,12,14-15,17,22H,5-7,9,11H2,1-4H3. The molecule has 1 aliphatic heterocycles. The average Bonchev–Trinajstić information content (AvgIpc) is 2.94. The molecular weight excluding hydrogens is 294 g/mol. The van der Waals surface area contributed by atoms with Crippen LogP contribution < -0.4 is 5.32 Å². The normalized spacial score (nSPS) is 22.1. The number of aliphatic hydroxyl groups is 1. The summed E-state index contributed by atoms with van der Waals surface area (Å²) in [5.41, 5.74) is 0.888. The Hall–Kier alpha value is -1.44. The lowest BCUT2D eigenvalue weighted by Gasteiger charge is -2.42. The third kappa shape index (κ3) is 4.31. The number of hydrogen-bond donors (Lipinski definition) is 2. The van der Waals surface area contributed by atoms with Gasteiger partial charge in [0.1, 0.15) is 6.04 Å². The zero-order chi connectivity index (χ0) is 17.0. The zero-order valence-corrected chi connectivity index (χ0v) is 14.6. The molecule has 0 bridgehead atoms. The van der Waals surface area contributed by atoms with Crippen LogP contribution in [0.25, 0.3) is 0 Å². The van der Waals surface area contributed by atoms with Crippen LogP contribution in [0.3, 0.4) is 0 Å². The van der Waals surface area contributed by atoms with Gasteiger partial charge in [0.2, 0.25) is 5.91 Å². The molecule has 1 aliphatic rings. The lowest BCUT2D eigenvalue weighted by atomic mass is 10.1. The van der Waals surface area contributed by atoms with Crippen molar-refractivity contribution in [1.82, 2.24) is 24.9 Å². The van der Waals surface area contributed by atoms with Gasteiger partial charge in [-0.25, -0.2) is 0 Å². The van der Waals surface area contributed by atoms with E-state index in [9.17, 15) is 9.90 Å². The Kier molecular flexibility index (Phi) is 6.15. The maximum Gasteiger partial charge on any atom is 0.244 e. The second-order valence-corrected chi connectivity index (χ2v) is 6.36. The van der Waals surface area contributed by atoms with E-state index in [0.717, 1.165) is 18.5 Å². The first-order valence-electron chi connectivity index (χ1n) is 8.33. The van der Waals surface area contributed by atoms with Gasteiger partial charge in [0.05, 0.1) is 12.3 Å². The van der Waals surface area contributed by atoms with E-state index < -0.39 is 0 Å². The van der Waals surface area contributed by atoms with Crippen LogP contribution in [0.2, 0.25) is 0 Å². The summed E-state index contributed by atoms with van der Waals surface area (Å²) in [5, 5.41) is 16.9. The van der Waals surface area contributed by atoms with Crippen LogP contribution in [-0.2, 0) is 11.8 Å². The summed E-state index contributed by atoms with van der Waals surface area (Å²) in [4.78, 5) is 17.1. The molecule has 0 radical (unpaired) electrons. The number of carbonyl (C=O) groups excluding carboxylic acids is 1. The van der Waals surface area contributed by atoms with Gasteiger partial charge in [-0.1, -0.05) is 6.92 Å². The molecule has 3 unspecified atom stereocenters. The minimum Gasteiger partial charge on any atom is -0.392 e. The number of piperazine rings is 1. The molecule has 1 saturated heterocycles. The van der Waals surface area contributed by atoms with Gasteiger partial charge in [-0.3, -0.25) is 14.4 Å². The van der Waals surface area contributed by atoms with Crippen molar-refractivity contribution in [3.63, 3.8) is 0 Å². The van der Waals surface area contributed by atoms with Gasteiger partial charge in [0.15, 0.2) is 0 Å². The van der Waals surface area contributed by atoms with Crippen molar-refractivity contribution in [3.05, 3.63) is 18.0 Å². The maximum absolute atomic E-state index is 12.9. The molecule has 130 valence electrons. The Morgan fingerprint density at radius 3 is 2.78 bits per heavy atom. The molecule has 7 heteroatoms. The first kappa shape index (κ1) is 17.9. The van der Waals surface area contributed by atoms with E-state index in [-0.39, 0.29) is 18.1 Å². The zero-order valence-electron chi connectivity index (χ0n) is 14.6. The highest BCUT2D eigenvalue weighted by atomic mass is 16.3. The van der Waals surface area contributed by atoms with E-state index in [4.69, 9.17) is 0 Å². The second-order valence-electron chi connectivity index (χ2n) is 6.36. The van der Waals surface area contributed by atoms with Crippen molar-refractivity contribution in [2.75, 3.05) is 33.2 Å². The van der Waals surface area contributed by atoms with Gasteiger partial charge >= 0.3 is 0 Å². The molecule has 2 rings (SSSR count). The third-order valence-electron chi connectivity index (χ3n) is 4.48. The Balaban J connectivity index is 2.05.